The van der Waals surface area contributed by atoms with Crippen molar-refractivity contribution in [3.05, 3.63) is 55.5 Å². The molecule has 9 nitrogen and oxygen atoms in total. The molecule has 0 radical (unpaired) electrons. The lowest BCUT2D eigenvalue weighted by atomic mass is 10.1. The zero-order chi connectivity index (χ0) is 24.8. The Morgan fingerprint density at radius 1 is 1.29 bits per heavy atom. The predicted octanol–water partition coefficient (Wildman–Crippen LogP) is 4.99. The number of anilines is 2. The van der Waals surface area contributed by atoms with Gasteiger partial charge >= 0.3 is 5.97 Å². The number of hydrogen-bond acceptors (Lipinski definition) is 8. The molecule has 0 spiro atoms. The van der Waals surface area contributed by atoms with Crippen LogP contribution in [0.5, 0.6) is 0 Å². The Bertz CT molecular complexity index is 1190. The van der Waals surface area contributed by atoms with Crippen LogP contribution in [0.4, 0.5) is 16.4 Å². The summed E-state index contributed by atoms with van der Waals surface area (Å²) in [6, 6.07) is 6.54. The standard InChI is InChI=1S/C24H26N4O5S/c1-4-33-24(30)21-15(2)16(3)34-23(21)26-22(29)18(14-25)12-17-8-9-19(20(13-17)28(31)32)27-10-6-5-7-11-27/h8-9,12-13H,4-7,10-11H2,1-3H3,(H,26,29)/b18-12-. The van der Waals surface area contributed by atoms with Crippen LogP contribution in [0.2, 0.25) is 0 Å². The smallest absolute Gasteiger partial charge is 0.341 e. The van der Waals surface area contributed by atoms with Gasteiger partial charge in [-0.05, 0) is 63.3 Å². The number of rotatable bonds is 7. The summed E-state index contributed by atoms with van der Waals surface area (Å²) in [5, 5.41) is 24.2. The first kappa shape index (κ1) is 24.9. The lowest BCUT2D eigenvalue weighted by molar-refractivity contribution is -0.384. The van der Waals surface area contributed by atoms with Crippen molar-refractivity contribution in [2.45, 2.75) is 40.0 Å². The van der Waals surface area contributed by atoms with Gasteiger partial charge in [0.2, 0.25) is 0 Å². The number of benzene rings is 1. The second-order valence-corrected chi connectivity index (χ2v) is 9.11. The molecular formula is C24H26N4O5S. The fourth-order valence-electron chi connectivity index (χ4n) is 3.83. The van der Waals surface area contributed by atoms with E-state index in [2.05, 4.69) is 5.32 Å². The molecule has 1 aromatic heterocycles. The van der Waals surface area contributed by atoms with Crippen LogP contribution in [0, 0.1) is 35.3 Å². The third kappa shape index (κ3) is 5.43. The summed E-state index contributed by atoms with van der Waals surface area (Å²) >= 11 is 1.22. The van der Waals surface area contributed by atoms with E-state index in [1.807, 2.05) is 17.9 Å². The maximum absolute atomic E-state index is 12.8. The lowest BCUT2D eigenvalue weighted by Crippen LogP contribution is -2.29. The number of esters is 1. The van der Waals surface area contributed by atoms with Crippen LogP contribution < -0.4 is 10.2 Å². The van der Waals surface area contributed by atoms with Crippen molar-refractivity contribution in [3.8, 4) is 6.07 Å². The Labute approximate surface area is 201 Å². The van der Waals surface area contributed by atoms with Crippen LogP contribution in [0.25, 0.3) is 6.08 Å². The Hall–Kier alpha value is -3.71. The molecule has 1 aliphatic heterocycles. The molecule has 1 saturated heterocycles. The lowest BCUT2D eigenvalue weighted by Gasteiger charge is -2.28. The molecule has 34 heavy (non-hydrogen) atoms. The molecule has 0 aliphatic carbocycles. The van der Waals surface area contributed by atoms with E-state index in [9.17, 15) is 25.0 Å². The summed E-state index contributed by atoms with van der Waals surface area (Å²) in [5.74, 6) is -1.26. The third-order valence-corrected chi connectivity index (χ3v) is 6.78. The van der Waals surface area contributed by atoms with Gasteiger partial charge in [0.15, 0.2) is 0 Å². The zero-order valence-corrected chi connectivity index (χ0v) is 20.2. The number of ether oxygens (including phenoxy) is 1. The number of hydrogen-bond donors (Lipinski definition) is 1. The second-order valence-electron chi connectivity index (χ2n) is 7.88. The molecule has 1 N–H and O–H groups in total. The van der Waals surface area contributed by atoms with E-state index in [0.29, 0.717) is 21.8 Å². The van der Waals surface area contributed by atoms with Gasteiger partial charge in [-0.1, -0.05) is 6.07 Å². The number of carbonyl (C=O) groups excluding carboxylic acids is 2. The highest BCUT2D eigenvalue weighted by atomic mass is 32.1. The molecule has 3 rings (SSSR count). The molecule has 0 saturated carbocycles. The number of nitriles is 1. The minimum absolute atomic E-state index is 0.0672. The summed E-state index contributed by atoms with van der Waals surface area (Å²) in [7, 11) is 0. The molecule has 1 aliphatic rings. The van der Waals surface area contributed by atoms with E-state index in [1.54, 1.807) is 26.0 Å². The number of nitro benzene ring substituents is 1. The first-order valence-electron chi connectivity index (χ1n) is 11.0. The number of thiophene rings is 1. The molecule has 0 atom stereocenters. The van der Waals surface area contributed by atoms with Crippen molar-refractivity contribution in [1.82, 2.24) is 0 Å². The summed E-state index contributed by atoms with van der Waals surface area (Å²) in [5.41, 5.74) is 1.56. The summed E-state index contributed by atoms with van der Waals surface area (Å²) in [6.45, 7) is 6.97. The Balaban J connectivity index is 1.90. The molecule has 1 amide bonds. The number of nitro groups is 1. The number of aryl methyl sites for hydroxylation is 1. The number of amides is 1. The average Bonchev–Trinajstić information content (AvgIpc) is 3.10. The van der Waals surface area contributed by atoms with Gasteiger partial charge < -0.3 is 15.0 Å². The van der Waals surface area contributed by atoms with Crippen LogP contribution in [0.15, 0.2) is 23.8 Å². The molecule has 0 bridgehead atoms. The quantitative estimate of drug-likeness (QED) is 0.194. The SMILES string of the molecule is CCOC(=O)c1c(NC(=O)/C(C#N)=C\c2ccc(N3CCCCC3)c([N+](=O)[O-])c2)sc(C)c1C. The van der Waals surface area contributed by atoms with Gasteiger partial charge in [-0.3, -0.25) is 14.9 Å². The highest BCUT2D eigenvalue weighted by molar-refractivity contribution is 7.16. The molecule has 1 fully saturated rings. The minimum atomic E-state index is -0.711. The van der Waals surface area contributed by atoms with E-state index in [0.717, 1.165) is 37.2 Å². The molecule has 1 aromatic carbocycles. The molecule has 0 unspecified atom stereocenters. The van der Waals surface area contributed by atoms with Crippen molar-refractivity contribution < 1.29 is 19.2 Å². The second kappa shape index (κ2) is 10.9. The van der Waals surface area contributed by atoms with Gasteiger partial charge in [-0.25, -0.2) is 4.79 Å². The van der Waals surface area contributed by atoms with Gasteiger partial charge in [0, 0.05) is 24.0 Å². The number of piperidine rings is 1. The normalized spacial score (nSPS) is 13.8. The molecule has 2 heterocycles. The third-order valence-electron chi connectivity index (χ3n) is 5.66. The Morgan fingerprint density at radius 3 is 2.62 bits per heavy atom. The van der Waals surface area contributed by atoms with E-state index < -0.39 is 16.8 Å². The fraction of sp³-hybridized carbons (Fsp3) is 0.375. The number of nitrogens with zero attached hydrogens (tertiary/aromatic N) is 3. The van der Waals surface area contributed by atoms with Crippen LogP contribution >= 0.6 is 11.3 Å². The van der Waals surface area contributed by atoms with E-state index in [-0.39, 0.29) is 23.4 Å². The van der Waals surface area contributed by atoms with E-state index in [4.69, 9.17) is 4.74 Å². The Morgan fingerprint density at radius 2 is 2.00 bits per heavy atom. The van der Waals surface area contributed by atoms with E-state index in [1.165, 1.54) is 23.5 Å². The summed E-state index contributed by atoms with van der Waals surface area (Å²) in [4.78, 5) is 39.3. The summed E-state index contributed by atoms with van der Waals surface area (Å²) < 4.78 is 5.09. The van der Waals surface area contributed by atoms with Crippen LogP contribution in [-0.4, -0.2) is 36.5 Å². The Kier molecular flexibility index (Phi) is 8.02. The molecule has 10 heteroatoms. The van der Waals surface area contributed by atoms with Gasteiger partial charge in [0.05, 0.1) is 17.1 Å². The monoisotopic (exact) mass is 482 g/mol. The number of carbonyl (C=O) groups is 2. The highest BCUT2D eigenvalue weighted by Gasteiger charge is 2.24. The zero-order valence-electron chi connectivity index (χ0n) is 19.3. The van der Waals surface area contributed by atoms with Crippen molar-refractivity contribution in [2.24, 2.45) is 0 Å². The first-order valence-corrected chi connectivity index (χ1v) is 11.8. The largest absolute Gasteiger partial charge is 0.462 e. The van der Waals surface area contributed by atoms with E-state index >= 15 is 0 Å². The fourth-order valence-corrected chi connectivity index (χ4v) is 4.87. The van der Waals surface area contributed by atoms with Gasteiger partial charge in [0.25, 0.3) is 11.6 Å². The van der Waals surface area contributed by atoms with Crippen molar-refractivity contribution in [3.63, 3.8) is 0 Å². The maximum Gasteiger partial charge on any atom is 0.341 e. The molecule has 178 valence electrons. The van der Waals surface area contributed by atoms with Gasteiger partial charge in [0.1, 0.15) is 22.3 Å². The highest BCUT2D eigenvalue weighted by Crippen LogP contribution is 2.34. The summed E-state index contributed by atoms with van der Waals surface area (Å²) in [6.07, 6.45) is 4.37. The van der Waals surface area contributed by atoms with Crippen LogP contribution in [0.1, 0.15) is 52.5 Å². The van der Waals surface area contributed by atoms with Crippen molar-refractivity contribution in [2.75, 3.05) is 29.9 Å². The molecule has 2 aromatic rings. The maximum atomic E-state index is 12.8. The molecular weight excluding hydrogens is 456 g/mol. The average molecular weight is 483 g/mol. The van der Waals surface area contributed by atoms with Crippen LogP contribution in [-0.2, 0) is 9.53 Å². The topological polar surface area (TPSA) is 126 Å². The van der Waals surface area contributed by atoms with Gasteiger partial charge in [-0.15, -0.1) is 11.3 Å². The van der Waals surface area contributed by atoms with Crippen LogP contribution in [0.3, 0.4) is 0 Å². The van der Waals surface area contributed by atoms with Gasteiger partial charge in [-0.2, -0.15) is 5.26 Å². The first-order chi connectivity index (χ1) is 16.3. The van der Waals surface area contributed by atoms with Crippen molar-refractivity contribution in [1.29, 1.82) is 5.26 Å². The predicted molar refractivity (Wildman–Crippen MR) is 131 cm³/mol. The minimum Gasteiger partial charge on any atom is -0.462 e. The van der Waals surface area contributed by atoms with Crippen molar-refractivity contribution >= 4 is 45.7 Å². The number of nitrogens with one attached hydrogen (secondary N) is 1.